The maximum atomic E-state index is 4.39. The van der Waals surface area contributed by atoms with Crippen LogP contribution >= 0.6 is 0 Å². The van der Waals surface area contributed by atoms with Crippen LogP contribution < -0.4 is 0 Å². The molecule has 2 heteroatoms. The van der Waals surface area contributed by atoms with Gasteiger partial charge in [-0.15, -0.1) is 0 Å². The lowest BCUT2D eigenvalue weighted by Gasteiger charge is -2.07. The molecular formula is C15H16N2. The molecule has 17 heavy (non-hydrogen) atoms. The van der Waals surface area contributed by atoms with Gasteiger partial charge < -0.3 is 0 Å². The van der Waals surface area contributed by atoms with Crippen LogP contribution in [0.1, 0.15) is 16.7 Å². The van der Waals surface area contributed by atoms with E-state index in [0.717, 1.165) is 12.1 Å². The lowest BCUT2D eigenvalue weighted by atomic mass is 10.0. The van der Waals surface area contributed by atoms with Crippen molar-refractivity contribution in [3.05, 3.63) is 65.5 Å². The van der Waals surface area contributed by atoms with Crippen LogP contribution in [-0.2, 0) is 6.42 Å². The van der Waals surface area contributed by atoms with Crippen LogP contribution in [0.2, 0.25) is 0 Å². The molecule has 0 fully saturated rings. The molecule has 0 aliphatic carbocycles. The summed E-state index contributed by atoms with van der Waals surface area (Å²) in [5.74, 6) is 0. The van der Waals surface area contributed by atoms with Gasteiger partial charge in [0.25, 0.3) is 0 Å². The Balaban J connectivity index is 2.24. The minimum Gasteiger partial charge on any atom is -0.292 e. The molecule has 1 heterocycles. The third-order valence-corrected chi connectivity index (χ3v) is 2.74. The largest absolute Gasteiger partial charge is 0.292 e. The third-order valence-electron chi connectivity index (χ3n) is 2.74. The van der Waals surface area contributed by atoms with Crippen molar-refractivity contribution in [2.75, 3.05) is 7.05 Å². The molecule has 0 amide bonds. The Morgan fingerprint density at radius 3 is 2.59 bits per heavy atom. The number of hydrogen-bond donors (Lipinski definition) is 0. The second-order valence-electron chi connectivity index (χ2n) is 4.07. The fourth-order valence-corrected chi connectivity index (χ4v) is 1.83. The highest BCUT2D eigenvalue weighted by molar-refractivity contribution is 6.01. The van der Waals surface area contributed by atoms with Gasteiger partial charge in [0.1, 0.15) is 0 Å². The number of pyridine rings is 1. The van der Waals surface area contributed by atoms with Crippen LogP contribution in [0, 0.1) is 6.92 Å². The summed E-state index contributed by atoms with van der Waals surface area (Å²) in [4.78, 5) is 8.42. The van der Waals surface area contributed by atoms with Crippen molar-refractivity contribution >= 4 is 5.71 Å². The molecular weight excluding hydrogens is 208 g/mol. The summed E-state index contributed by atoms with van der Waals surface area (Å²) in [6.45, 7) is 2.10. The highest BCUT2D eigenvalue weighted by Gasteiger charge is 2.04. The molecule has 1 aromatic carbocycles. The van der Waals surface area contributed by atoms with Gasteiger partial charge in [0.15, 0.2) is 0 Å². The maximum Gasteiger partial charge on any atom is 0.0461 e. The molecule has 0 spiro atoms. The van der Waals surface area contributed by atoms with E-state index in [1.165, 1.54) is 16.7 Å². The molecule has 0 saturated heterocycles. The molecule has 0 radical (unpaired) electrons. The van der Waals surface area contributed by atoms with Crippen molar-refractivity contribution in [1.29, 1.82) is 0 Å². The number of aryl methyl sites for hydroxylation is 1. The highest BCUT2D eigenvalue weighted by atomic mass is 14.7. The third kappa shape index (κ3) is 3.00. The molecule has 0 aliphatic rings. The molecule has 2 nitrogen and oxygen atoms in total. The molecule has 2 rings (SSSR count). The average molecular weight is 224 g/mol. The Morgan fingerprint density at radius 2 is 1.94 bits per heavy atom. The summed E-state index contributed by atoms with van der Waals surface area (Å²) in [6.07, 6.45) is 4.49. The van der Waals surface area contributed by atoms with Crippen LogP contribution in [0.5, 0.6) is 0 Å². The summed E-state index contributed by atoms with van der Waals surface area (Å²) in [5, 5.41) is 0. The molecule has 0 aliphatic heterocycles. The van der Waals surface area contributed by atoms with Gasteiger partial charge in [-0.1, -0.05) is 29.8 Å². The Hall–Kier alpha value is -1.96. The predicted molar refractivity (Wildman–Crippen MR) is 71.6 cm³/mol. The normalized spacial score (nSPS) is 11.5. The van der Waals surface area contributed by atoms with Crippen LogP contribution in [0.25, 0.3) is 0 Å². The van der Waals surface area contributed by atoms with E-state index in [1.807, 2.05) is 31.6 Å². The Kier molecular flexibility index (Phi) is 3.66. The first kappa shape index (κ1) is 11.5. The second-order valence-corrected chi connectivity index (χ2v) is 4.07. The topological polar surface area (TPSA) is 25.2 Å². The Labute approximate surface area is 102 Å². The van der Waals surface area contributed by atoms with Gasteiger partial charge in [-0.2, -0.15) is 0 Å². The molecule has 0 atom stereocenters. The lowest BCUT2D eigenvalue weighted by Crippen LogP contribution is -2.05. The average Bonchev–Trinajstić information content (AvgIpc) is 2.37. The van der Waals surface area contributed by atoms with E-state index in [1.54, 1.807) is 0 Å². The molecule has 0 unspecified atom stereocenters. The molecule has 1 aromatic heterocycles. The van der Waals surface area contributed by atoms with Gasteiger partial charge in [-0.3, -0.25) is 9.98 Å². The van der Waals surface area contributed by atoms with Crippen molar-refractivity contribution in [2.24, 2.45) is 4.99 Å². The second kappa shape index (κ2) is 5.39. The van der Waals surface area contributed by atoms with E-state index in [0.29, 0.717) is 0 Å². The van der Waals surface area contributed by atoms with Crippen molar-refractivity contribution in [1.82, 2.24) is 4.98 Å². The first-order chi connectivity index (χ1) is 8.29. The van der Waals surface area contributed by atoms with Crippen LogP contribution in [-0.4, -0.2) is 17.7 Å². The predicted octanol–water partition coefficient (Wildman–Crippen LogP) is 3.05. The monoisotopic (exact) mass is 224 g/mol. The fourth-order valence-electron chi connectivity index (χ4n) is 1.83. The van der Waals surface area contributed by atoms with Crippen LogP contribution in [0.4, 0.5) is 0 Å². The zero-order valence-electron chi connectivity index (χ0n) is 10.2. The van der Waals surface area contributed by atoms with E-state index >= 15 is 0 Å². The molecule has 0 bridgehead atoms. The number of hydrogen-bond acceptors (Lipinski definition) is 2. The summed E-state index contributed by atoms with van der Waals surface area (Å²) in [7, 11) is 1.85. The number of rotatable bonds is 3. The van der Waals surface area contributed by atoms with Crippen molar-refractivity contribution in [3.8, 4) is 0 Å². The van der Waals surface area contributed by atoms with Gasteiger partial charge in [-0.25, -0.2) is 0 Å². The van der Waals surface area contributed by atoms with Crippen molar-refractivity contribution in [2.45, 2.75) is 13.3 Å². The summed E-state index contributed by atoms with van der Waals surface area (Å²) in [6, 6.07) is 12.5. The molecule has 0 saturated carbocycles. The first-order valence-electron chi connectivity index (χ1n) is 5.71. The van der Waals surface area contributed by atoms with Gasteiger partial charge in [0, 0.05) is 31.6 Å². The first-order valence-corrected chi connectivity index (χ1v) is 5.71. The van der Waals surface area contributed by atoms with E-state index in [4.69, 9.17) is 0 Å². The van der Waals surface area contributed by atoms with Crippen LogP contribution in [0.3, 0.4) is 0 Å². The SMILES string of the molecule is CN=C(Cc1ccncc1)c1cccc(C)c1. The number of aliphatic imine (C=N–C) groups is 1. The zero-order valence-corrected chi connectivity index (χ0v) is 10.2. The Morgan fingerprint density at radius 1 is 1.18 bits per heavy atom. The van der Waals surface area contributed by atoms with Crippen molar-refractivity contribution < 1.29 is 0 Å². The molecule has 86 valence electrons. The minimum absolute atomic E-state index is 0.850. The smallest absolute Gasteiger partial charge is 0.0461 e. The van der Waals surface area contributed by atoms with E-state index in [-0.39, 0.29) is 0 Å². The van der Waals surface area contributed by atoms with E-state index in [2.05, 4.69) is 41.2 Å². The van der Waals surface area contributed by atoms with Gasteiger partial charge in [0.2, 0.25) is 0 Å². The highest BCUT2D eigenvalue weighted by Crippen LogP contribution is 2.10. The number of benzene rings is 1. The van der Waals surface area contributed by atoms with Gasteiger partial charge in [-0.05, 0) is 30.2 Å². The summed E-state index contributed by atoms with van der Waals surface area (Å²) in [5.41, 5.74) is 4.81. The van der Waals surface area contributed by atoms with Gasteiger partial charge >= 0.3 is 0 Å². The van der Waals surface area contributed by atoms with Crippen molar-refractivity contribution in [3.63, 3.8) is 0 Å². The summed E-state index contributed by atoms with van der Waals surface area (Å²) < 4.78 is 0. The quantitative estimate of drug-likeness (QED) is 0.736. The maximum absolute atomic E-state index is 4.39. The summed E-state index contributed by atoms with van der Waals surface area (Å²) >= 11 is 0. The molecule has 0 N–H and O–H groups in total. The van der Waals surface area contributed by atoms with E-state index < -0.39 is 0 Å². The zero-order chi connectivity index (χ0) is 12.1. The van der Waals surface area contributed by atoms with Crippen LogP contribution in [0.15, 0.2) is 53.8 Å². The van der Waals surface area contributed by atoms with E-state index in [9.17, 15) is 0 Å². The number of nitrogens with zero attached hydrogens (tertiary/aromatic N) is 2. The Bertz CT molecular complexity index is 515. The molecule has 2 aromatic rings. The van der Waals surface area contributed by atoms with Gasteiger partial charge in [0.05, 0.1) is 0 Å². The standard InChI is InChI=1S/C15H16N2/c1-12-4-3-5-14(10-12)15(16-2)11-13-6-8-17-9-7-13/h3-10H,11H2,1-2H3. The fraction of sp³-hybridized carbons (Fsp3) is 0.200. The lowest BCUT2D eigenvalue weighted by molar-refractivity contribution is 1.22. The minimum atomic E-state index is 0.850. The number of aromatic nitrogens is 1.